The van der Waals surface area contributed by atoms with Crippen molar-refractivity contribution < 1.29 is 47.5 Å². The SMILES string of the molecule is CC.CC=CCO[C@@H]1CC(=O)O[C@H](CC)[C@@H](CO[C@@H]2O[C@H](C)[C@@H](C)[C@@H](C)[C@H]2C)/C=C(C)/C=C/C(=O)[C@H](C)C[C@H](CC(OC)OC)[C@H](O[C@@H]2O[C@H](C)[C@@H](C)[C@H](N(C)C)[C@H]2C)[C@H]1C. The summed E-state index contributed by atoms with van der Waals surface area (Å²) in [6, 6.07) is 0.208. The number of hydrogen-bond donors (Lipinski definition) is 0. The number of carbonyl (C=O) groups excluding carboxylic acids is 2. The van der Waals surface area contributed by atoms with E-state index >= 15 is 0 Å². The minimum Gasteiger partial charge on any atom is -0.462 e. The van der Waals surface area contributed by atoms with Gasteiger partial charge in [0.1, 0.15) is 6.10 Å². The van der Waals surface area contributed by atoms with E-state index in [2.05, 4.69) is 80.5 Å². The molecule has 11 nitrogen and oxygen atoms in total. The lowest BCUT2D eigenvalue weighted by Crippen LogP contribution is -2.56. The third-order valence-electron chi connectivity index (χ3n) is 14.0. The minimum atomic E-state index is -0.584. The first-order valence-corrected chi connectivity index (χ1v) is 23.5. The van der Waals surface area contributed by atoms with Crippen molar-refractivity contribution in [1.82, 2.24) is 4.90 Å². The average Bonchev–Trinajstić information content (AvgIpc) is 3.23. The Morgan fingerprint density at radius 2 is 1.44 bits per heavy atom. The van der Waals surface area contributed by atoms with Gasteiger partial charge in [-0.05, 0) is 84.4 Å². The summed E-state index contributed by atoms with van der Waals surface area (Å²) in [5, 5.41) is 0. The maximum Gasteiger partial charge on any atom is 0.308 e. The summed E-state index contributed by atoms with van der Waals surface area (Å²) >= 11 is 0. The Labute approximate surface area is 372 Å². The lowest BCUT2D eigenvalue weighted by atomic mass is 9.78. The van der Waals surface area contributed by atoms with Crippen LogP contribution in [0.3, 0.4) is 0 Å². The van der Waals surface area contributed by atoms with E-state index in [0.29, 0.717) is 44.3 Å². The van der Waals surface area contributed by atoms with Crippen LogP contribution in [0.2, 0.25) is 0 Å². The Bertz CT molecular complexity index is 1360. The van der Waals surface area contributed by atoms with Crippen molar-refractivity contribution in [2.75, 3.05) is 41.5 Å². The van der Waals surface area contributed by atoms with E-state index in [-0.39, 0.29) is 84.1 Å². The van der Waals surface area contributed by atoms with Crippen LogP contribution in [0.1, 0.15) is 123 Å². The molecule has 0 spiro atoms. The molecule has 0 aromatic heterocycles. The minimum absolute atomic E-state index is 0.00890. The largest absolute Gasteiger partial charge is 0.462 e. The van der Waals surface area contributed by atoms with Crippen LogP contribution >= 0.6 is 0 Å². The lowest BCUT2D eigenvalue weighted by molar-refractivity contribution is -0.280. The highest BCUT2D eigenvalue weighted by Crippen LogP contribution is 2.40. The van der Waals surface area contributed by atoms with E-state index < -0.39 is 30.9 Å². The molecule has 0 bridgehead atoms. The van der Waals surface area contributed by atoms with Crippen LogP contribution < -0.4 is 0 Å². The molecule has 0 aromatic carbocycles. The van der Waals surface area contributed by atoms with Gasteiger partial charge in [-0.2, -0.15) is 0 Å². The van der Waals surface area contributed by atoms with Crippen molar-refractivity contribution in [3.05, 3.63) is 36.0 Å². The molecule has 61 heavy (non-hydrogen) atoms. The topological polar surface area (TPSA) is 111 Å². The molecule has 0 aliphatic carbocycles. The first-order valence-electron chi connectivity index (χ1n) is 23.5. The number of allylic oxidation sites excluding steroid dienone is 4. The third kappa shape index (κ3) is 15.9. The van der Waals surface area contributed by atoms with Gasteiger partial charge in [0.2, 0.25) is 0 Å². The van der Waals surface area contributed by atoms with Crippen molar-refractivity contribution in [2.24, 2.45) is 53.3 Å². The fourth-order valence-corrected chi connectivity index (χ4v) is 9.55. The summed E-state index contributed by atoms with van der Waals surface area (Å²) < 4.78 is 51.3. The zero-order valence-electron chi connectivity index (χ0n) is 41.6. The van der Waals surface area contributed by atoms with Crippen molar-refractivity contribution >= 4 is 11.8 Å². The van der Waals surface area contributed by atoms with Gasteiger partial charge in [-0.3, -0.25) is 9.59 Å². The molecule has 0 aromatic rings. The van der Waals surface area contributed by atoms with Crippen LogP contribution in [-0.2, 0) is 47.5 Å². The zero-order chi connectivity index (χ0) is 46.1. The van der Waals surface area contributed by atoms with Gasteiger partial charge >= 0.3 is 5.97 Å². The highest BCUT2D eigenvalue weighted by atomic mass is 16.7. The summed E-state index contributed by atoms with van der Waals surface area (Å²) in [6.07, 6.45) is 7.96. The van der Waals surface area contributed by atoms with Gasteiger partial charge in [-0.15, -0.1) is 0 Å². The van der Waals surface area contributed by atoms with Crippen molar-refractivity contribution in [3.63, 3.8) is 0 Å². The lowest BCUT2D eigenvalue weighted by Gasteiger charge is -2.48. The number of rotatable bonds is 14. The second kappa shape index (κ2) is 27.4. The van der Waals surface area contributed by atoms with E-state index in [4.69, 9.17) is 37.9 Å². The maximum atomic E-state index is 14.3. The van der Waals surface area contributed by atoms with Crippen molar-refractivity contribution in [3.8, 4) is 0 Å². The third-order valence-corrected chi connectivity index (χ3v) is 14.0. The molecule has 0 saturated carbocycles. The molecule has 2 saturated heterocycles. The van der Waals surface area contributed by atoms with Gasteiger partial charge in [0.25, 0.3) is 0 Å². The molecule has 2 fully saturated rings. The number of cyclic esters (lactones) is 1. The quantitative estimate of drug-likeness (QED) is 0.0946. The van der Waals surface area contributed by atoms with E-state index in [1.807, 2.05) is 59.8 Å². The second-order valence-corrected chi connectivity index (χ2v) is 18.4. The van der Waals surface area contributed by atoms with Gasteiger partial charge in [-0.1, -0.05) is 99.1 Å². The zero-order valence-corrected chi connectivity index (χ0v) is 41.6. The molecule has 0 radical (unpaired) electrons. The molecular weight excluding hydrogens is 775 g/mol. The fourth-order valence-electron chi connectivity index (χ4n) is 9.55. The van der Waals surface area contributed by atoms with Crippen LogP contribution in [0.15, 0.2) is 36.0 Å². The molecule has 3 heterocycles. The fraction of sp³-hybridized carbons (Fsp3) is 0.840. The number of carbonyl (C=O) groups is 2. The van der Waals surface area contributed by atoms with Gasteiger partial charge in [0, 0.05) is 56.3 Å². The predicted octanol–water partition coefficient (Wildman–Crippen LogP) is 9.68. The summed E-state index contributed by atoms with van der Waals surface area (Å²) in [5.41, 5.74) is 0.883. The first-order chi connectivity index (χ1) is 28.9. The van der Waals surface area contributed by atoms with Crippen molar-refractivity contribution in [2.45, 2.75) is 178 Å². The van der Waals surface area contributed by atoms with Crippen LogP contribution in [0.5, 0.6) is 0 Å². The molecule has 17 atom stereocenters. The first kappa shape index (κ1) is 55.2. The molecule has 354 valence electrons. The number of nitrogens with zero attached hydrogens (tertiary/aromatic N) is 1. The maximum absolute atomic E-state index is 14.3. The Hall–Kier alpha value is -1.96. The van der Waals surface area contributed by atoms with Crippen LogP contribution in [0.25, 0.3) is 0 Å². The molecule has 0 unspecified atom stereocenters. The molecular formula is C50H89NO10. The van der Waals surface area contributed by atoms with Gasteiger partial charge in [0.05, 0.1) is 44.1 Å². The number of methoxy groups -OCH3 is 2. The van der Waals surface area contributed by atoms with E-state index in [1.54, 1.807) is 20.3 Å². The standard InChI is InChI=1S/C48H83NO10.C2H6/c1-17-19-22-54-42-26-43(51)58-41(18-2)39(27-55-47-32(7)30(5)31(6)36(11)56-47)23-28(3)20-21-40(50)29(4)24-38(25-44(52-15)53-16)46(34(42)9)59-48-35(10)45(49(13)14)33(8)37(12)57-48;1-2/h17,19-21,23,29-39,41-42,44-48H,18,22,24-27H2,1-16H3;1-2H3/b19-17?,21-20+,28-23+;/t29-,30-,31+,32-,33-,34+,35-,36-,37-,38-,39-,41-,42-,45+,46-,47-,48+;/m1./s1. The van der Waals surface area contributed by atoms with Crippen molar-refractivity contribution in [1.29, 1.82) is 0 Å². The smallest absolute Gasteiger partial charge is 0.308 e. The molecule has 3 aliphatic heterocycles. The molecule has 0 N–H and O–H groups in total. The summed E-state index contributed by atoms with van der Waals surface area (Å²) in [7, 11) is 7.45. The highest BCUT2D eigenvalue weighted by molar-refractivity contribution is 5.91. The highest BCUT2D eigenvalue weighted by Gasteiger charge is 2.46. The normalized spacial score (nSPS) is 40.0. The number of ether oxygens (including phenoxy) is 8. The summed E-state index contributed by atoms with van der Waals surface area (Å²) in [6.45, 7) is 29.9. The molecule has 0 amide bonds. The van der Waals surface area contributed by atoms with E-state index in [1.165, 1.54) is 0 Å². The van der Waals surface area contributed by atoms with Gasteiger partial charge in [0.15, 0.2) is 24.7 Å². The Morgan fingerprint density at radius 1 is 0.820 bits per heavy atom. The predicted molar refractivity (Wildman–Crippen MR) is 244 cm³/mol. The average molecular weight is 864 g/mol. The van der Waals surface area contributed by atoms with Gasteiger partial charge in [-0.25, -0.2) is 0 Å². The van der Waals surface area contributed by atoms with Crippen LogP contribution in [0, 0.1) is 53.3 Å². The molecule has 3 aliphatic rings. The van der Waals surface area contributed by atoms with Gasteiger partial charge < -0.3 is 42.8 Å². The summed E-state index contributed by atoms with van der Waals surface area (Å²) in [4.78, 5) is 30.5. The van der Waals surface area contributed by atoms with Crippen LogP contribution in [0.4, 0.5) is 0 Å². The number of hydrogen-bond acceptors (Lipinski definition) is 11. The van der Waals surface area contributed by atoms with E-state index in [0.717, 1.165) is 5.57 Å². The van der Waals surface area contributed by atoms with E-state index in [9.17, 15) is 9.59 Å². The summed E-state index contributed by atoms with van der Waals surface area (Å²) in [5.74, 6) is -0.212. The van der Waals surface area contributed by atoms with Crippen LogP contribution in [-0.4, -0.2) is 114 Å². The molecule has 3 rings (SSSR count). The monoisotopic (exact) mass is 864 g/mol. The number of ketones is 1. The Balaban J connectivity index is 0.00000631. The second-order valence-electron chi connectivity index (χ2n) is 18.4. The molecule has 11 heteroatoms. The Kier molecular flexibility index (Phi) is 24.8. The number of esters is 1. The Morgan fingerprint density at radius 3 is 2.03 bits per heavy atom.